The van der Waals surface area contributed by atoms with Gasteiger partial charge in [0.25, 0.3) is 0 Å². The van der Waals surface area contributed by atoms with Gasteiger partial charge in [0.1, 0.15) is 5.75 Å². The number of aromatic nitrogens is 2. The molecule has 0 radical (unpaired) electrons. The molecule has 0 fully saturated rings. The molecule has 7 nitrogen and oxygen atoms in total. The van der Waals surface area contributed by atoms with Gasteiger partial charge in [-0.1, -0.05) is 32.7 Å². The number of halogens is 2. The third kappa shape index (κ3) is 5.88. The third-order valence-electron chi connectivity index (χ3n) is 4.01. The van der Waals surface area contributed by atoms with Crippen LogP contribution in [0, 0.1) is 6.92 Å². The SMILES string of the molecule is Cc1cc(NC(=O)CCc2nc(CS(=O)(=O)c3ccc(Cl)cc3)no2)ccc1Br. The molecular formula is C19H17BrClN3O4S. The Morgan fingerprint density at radius 2 is 1.93 bits per heavy atom. The van der Waals surface area contributed by atoms with E-state index in [4.69, 9.17) is 16.1 Å². The van der Waals surface area contributed by atoms with E-state index >= 15 is 0 Å². The van der Waals surface area contributed by atoms with Crippen LogP contribution in [0.5, 0.6) is 0 Å². The van der Waals surface area contributed by atoms with Crippen LogP contribution in [0.15, 0.2) is 56.4 Å². The summed E-state index contributed by atoms with van der Waals surface area (Å²) in [6.07, 6.45) is 0.329. The van der Waals surface area contributed by atoms with Crippen LogP contribution in [0.25, 0.3) is 0 Å². The molecule has 3 aromatic rings. The van der Waals surface area contributed by atoms with Gasteiger partial charge in [0.05, 0.1) is 4.90 Å². The molecule has 0 atom stereocenters. The van der Waals surface area contributed by atoms with Crippen LogP contribution >= 0.6 is 27.5 Å². The Balaban J connectivity index is 1.56. The van der Waals surface area contributed by atoms with Gasteiger partial charge in [-0.3, -0.25) is 4.79 Å². The third-order valence-corrected chi connectivity index (χ3v) is 6.78. The van der Waals surface area contributed by atoms with Gasteiger partial charge in [-0.15, -0.1) is 0 Å². The number of nitrogens with zero attached hydrogens (tertiary/aromatic N) is 2. The van der Waals surface area contributed by atoms with Gasteiger partial charge >= 0.3 is 0 Å². The summed E-state index contributed by atoms with van der Waals surface area (Å²) >= 11 is 9.19. The minimum atomic E-state index is -3.62. The van der Waals surface area contributed by atoms with Crippen molar-refractivity contribution in [2.45, 2.75) is 30.4 Å². The Hall–Kier alpha value is -2.23. The van der Waals surface area contributed by atoms with Crippen molar-refractivity contribution in [2.24, 2.45) is 0 Å². The Morgan fingerprint density at radius 3 is 2.62 bits per heavy atom. The largest absolute Gasteiger partial charge is 0.339 e. The molecule has 2 aromatic carbocycles. The molecule has 1 amide bonds. The first-order valence-electron chi connectivity index (χ1n) is 8.59. The standard InChI is InChI=1S/C19H17BrClN3O4S/c1-12-10-14(4-7-16(12)20)22-18(25)8-9-19-23-17(24-28-19)11-29(26,27)15-5-2-13(21)3-6-15/h2-7,10H,8-9,11H2,1H3,(H,22,25). The molecule has 0 aliphatic carbocycles. The van der Waals surface area contributed by atoms with Gasteiger partial charge < -0.3 is 9.84 Å². The second-order valence-corrected chi connectivity index (χ2v) is 9.61. The number of rotatable bonds is 7. The molecule has 0 saturated heterocycles. The quantitative estimate of drug-likeness (QED) is 0.520. The molecule has 1 aromatic heterocycles. The fraction of sp³-hybridized carbons (Fsp3) is 0.211. The average molecular weight is 499 g/mol. The molecule has 10 heteroatoms. The minimum Gasteiger partial charge on any atom is -0.339 e. The lowest BCUT2D eigenvalue weighted by molar-refractivity contribution is -0.116. The maximum Gasteiger partial charge on any atom is 0.227 e. The van der Waals surface area contributed by atoms with Crippen molar-refractivity contribution in [2.75, 3.05) is 5.32 Å². The summed E-state index contributed by atoms with van der Waals surface area (Å²) in [5, 5.41) is 6.94. The number of amides is 1. The molecule has 0 aliphatic rings. The number of nitrogens with one attached hydrogen (secondary N) is 1. The summed E-state index contributed by atoms with van der Waals surface area (Å²) < 4.78 is 30.9. The van der Waals surface area contributed by atoms with E-state index in [1.165, 1.54) is 24.3 Å². The van der Waals surface area contributed by atoms with Crippen molar-refractivity contribution < 1.29 is 17.7 Å². The highest BCUT2D eigenvalue weighted by molar-refractivity contribution is 9.10. The van der Waals surface area contributed by atoms with E-state index in [-0.39, 0.29) is 35.4 Å². The average Bonchev–Trinajstić information content (AvgIpc) is 3.10. The molecule has 0 unspecified atom stereocenters. The lowest BCUT2D eigenvalue weighted by Gasteiger charge is -2.06. The van der Waals surface area contributed by atoms with E-state index in [2.05, 4.69) is 31.4 Å². The highest BCUT2D eigenvalue weighted by atomic mass is 79.9. The van der Waals surface area contributed by atoms with Crippen LogP contribution in [0.3, 0.4) is 0 Å². The monoisotopic (exact) mass is 497 g/mol. The van der Waals surface area contributed by atoms with Crippen molar-refractivity contribution >= 4 is 49.0 Å². The van der Waals surface area contributed by atoms with Crippen molar-refractivity contribution in [3.8, 4) is 0 Å². The maximum absolute atomic E-state index is 12.4. The van der Waals surface area contributed by atoms with Gasteiger partial charge in [0.2, 0.25) is 11.8 Å². The van der Waals surface area contributed by atoms with Crippen LogP contribution < -0.4 is 5.32 Å². The topological polar surface area (TPSA) is 102 Å². The second kappa shape index (κ2) is 9.06. The van der Waals surface area contributed by atoms with Crippen LogP contribution in [0.4, 0.5) is 5.69 Å². The fourth-order valence-electron chi connectivity index (χ4n) is 2.51. The molecule has 0 aliphatic heterocycles. The Kier molecular flexibility index (Phi) is 6.71. The van der Waals surface area contributed by atoms with E-state index in [1.54, 1.807) is 6.07 Å². The fourth-order valence-corrected chi connectivity index (χ4v) is 4.06. The zero-order chi connectivity index (χ0) is 21.0. The number of sulfone groups is 1. The number of carbonyl (C=O) groups is 1. The predicted molar refractivity (Wildman–Crippen MR) is 112 cm³/mol. The molecule has 1 heterocycles. The zero-order valence-electron chi connectivity index (χ0n) is 15.4. The van der Waals surface area contributed by atoms with Crippen molar-refractivity contribution in [3.05, 3.63) is 69.2 Å². The molecule has 0 spiro atoms. The van der Waals surface area contributed by atoms with E-state index in [0.717, 1.165) is 10.0 Å². The number of hydrogen-bond donors (Lipinski definition) is 1. The molecule has 0 bridgehead atoms. The van der Waals surface area contributed by atoms with Crippen LogP contribution in [0.1, 0.15) is 23.7 Å². The maximum atomic E-state index is 12.4. The highest BCUT2D eigenvalue weighted by Gasteiger charge is 2.19. The first-order valence-corrected chi connectivity index (χ1v) is 11.4. The number of carbonyl (C=O) groups excluding carboxylic acids is 1. The van der Waals surface area contributed by atoms with E-state index < -0.39 is 15.6 Å². The zero-order valence-corrected chi connectivity index (χ0v) is 18.5. The Labute approximate surface area is 181 Å². The van der Waals surface area contributed by atoms with Crippen LogP contribution in [0.2, 0.25) is 5.02 Å². The van der Waals surface area contributed by atoms with E-state index in [1.807, 2.05) is 19.1 Å². The number of anilines is 1. The highest BCUT2D eigenvalue weighted by Crippen LogP contribution is 2.20. The van der Waals surface area contributed by atoms with Crippen molar-refractivity contribution in [3.63, 3.8) is 0 Å². The molecule has 29 heavy (non-hydrogen) atoms. The van der Waals surface area contributed by atoms with Gasteiger partial charge in [0.15, 0.2) is 15.7 Å². The second-order valence-electron chi connectivity index (χ2n) is 6.33. The number of aryl methyl sites for hydroxylation is 2. The Bertz CT molecular complexity index is 1130. The van der Waals surface area contributed by atoms with Crippen molar-refractivity contribution in [1.29, 1.82) is 0 Å². The Morgan fingerprint density at radius 1 is 1.21 bits per heavy atom. The summed E-state index contributed by atoms with van der Waals surface area (Å²) in [4.78, 5) is 16.3. The number of benzene rings is 2. The van der Waals surface area contributed by atoms with Crippen LogP contribution in [-0.2, 0) is 26.8 Å². The molecular weight excluding hydrogens is 482 g/mol. The van der Waals surface area contributed by atoms with Crippen molar-refractivity contribution in [1.82, 2.24) is 10.1 Å². The summed E-state index contributed by atoms with van der Waals surface area (Å²) in [7, 11) is -3.62. The molecule has 152 valence electrons. The molecule has 3 rings (SSSR count). The summed E-state index contributed by atoms with van der Waals surface area (Å²) in [6.45, 7) is 1.93. The predicted octanol–water partition coefficient (Wildman–Crippen LogP) is 4.34. The number of hydrogen-bond acceptors (Lipinski definition) is 6. The summed E-state index contributed by atoms with van der Waals surface area (Å²) in [6, 6.07) is 11.4. The normalized spacial score (nSPS) is 11.4. The first-order chi connectivity index (χ1) is 13.7. The minimum absolute atomic E-state index is 0.0406. The molecule has 1 N–H and O–H groups in total. The van der Waals surface area contributed by atoms with Gasteiger partial charge in [-0.05, 0) is 55.0 Å². The molecule has 0 saturated carbocycles. The first kappa shape index (κ1) is 21.5. The van der Waals surface area contributed by atoms with Crippen LogP contribution in [-0.4, -0.2) is 24.5 Å². The summed E-state index contributed by atoms with van der Waals surface area (Å²) in [5.74, 6) is -0.365. The van der Waals surface area contributed by atoms with Gasteiger partial charge in [-0.2, -0.15) is 4.98 Å². The lowest BCUT2D eigenvalue weighted by Crippen LogP contribution is -2.12. The summed E-state index contributed by atoms with van der Waals surface area (Å²) in [5.41, 5.74) is 1.70. The smallest absolute Gasteiger partial charge is 0.227 e. The van der Waals surface area contributed by atoms with E-state index in [0.29, 0.717) is 10.7 Å². The van der Waals surface area contributed by atoms with Gasteiger partial charge in [-0.25, -0.2) is 8.42 Å². The van der Waals surface area contributed by atoms with Gasteiger partial charge in [0, 0.05) is 28.0 Å². The van der Waals surface area contributed by atoms with E-state index in [9.17, 15) is 13.2 Å². The lowest BCUT2D eigenvalue weighted by atomic mass is 10.2.